The van der Waals surface area contributed by atoms with Crippen LogP contribution in [-0.4, -0.2) is 31.7 Å². The van der Waals surface area contributed by atoms with E-state index in [4.69, 9.17) is 4.74 Å². The molecule has 0 aliphatic carbocycles. The van der Waals surface area contributed by atoms with E-state index in [1.54, 1.807) is 6.92 Å². The number of aryl methyl sites for hydroxylation is 1. The molecular formula is C13H15F3N2O2. The summed E-state index contributed by atoms with van der Waals surface area (Å²) in [4.78, 5) is 11.9. The summed E-state index contributed by atoms with van der Waals surface area (Å²) in [6.07, 6.45) is -5.12. The summed E-state index contributed by atoms with van der Waals surface area (Å²) in [5, 5.41) is 5.47. The predicted octanol–water partition coefficient (Wildman–Crippen LogP) is 1.94. The molecule has 1 saturated heterocycles. The van der Waals surface area contributed by atoms with Gasteiger partial charge in [0.05, 0.1) is 12.2 Å². The standard InChI is InChI=1S/C13H15F3N2O2/c1-8-2-3-9(13(14,15)16)6-10(8)18-12(19)11-7-17-4-5-20-11/h2-3,6,11,17H,4-5,7H2,1H3,(H,18,19). The average Bonchev–Trinajstić information content (AvgIpc) is 2.41. The first kappa shape index (κ1) is 14.8. The van der Waals surface area contributed by atoms with Gasteiger partial charge in [0, 0.05) is 18.8 Å². The minimum absolute atomic E-state index is 0.152. The van der Waals surface area contributed by atoms with Gasteiger partial charge in [-0.05, 0) is 24.6 Å². The Labute approximate surface area is 114 Å². The number of ether oxygens (including phenoxy) is 1. The first-order chi connectivity index (χ1) is 9.38. The molecule has 1 aromatic rings. The van der Waals surface area contributed by atoms with Crippen LogP contribution in [0.4, 0.5) is 18.9 Å². The predicted molar refractivity (Wildman–Crippen MR) is 67.4 cm³/mol. The minimum atomic E-state index is -4.43. The van der Waals surface area contributed by atoms with Crippen LogP contribution in [0.2, 0.25) is 0 Å². The largest absolute Gasteiger partial charge is 0.416 e. The van der Waals surface area contributed by atoms with E-state index < -0.39 is 23.8 Å². The lowest BCUT2D eigenvalue weighted by atomic mass is 10.1. The SMILES string of the molecule is Cc1ccc(C(F)(F)F)cc1NC(=O)C1CNCCO1. The average molecular weight is 288 g/mol. The van der Waals surface area contributed by atoms with Crippen molar-refractivity contribution in [3.63, 3.8) is 0 Å². The van der Waals surface area contributed by atoms with Crippen LogP contribution in [0, 0.1) is 6.92 Å². The van der Waals surface area contributed by atoms with Crippen LogP contribution in [0.25, 0.3) is 0 Å². The van der Waals surface area contributed by atoms with Crippen LogP contribution < -0.4 is 10.6 Å². The first-order valence-corrected chi connectivity index (χ1v) is 6.19. The second kappa shape index (κ2) is 5.80. The summed E-state index contributed by atoms with van der Waals surface area (Å²) >= 11 is 0. The second-order valence-corrected chi connectivity index (χ2v) is 4.58. The van der Waals surface area contributed by atoms with Crippen LogP contribution in [0.5, 0.6) is 0 Å². The Morgan fingerprint density at radius 3 is 2.80 bits per heavy atom. The Kier molecular flexibility index (Phi) is 4.29. The van der Waals surface area contributed by atoms with Gasteiger partial charge in [0.1, 0.15) is 6.10 Å². The summed E-state index contributed by atoms with van der Waals surface area (Å²) in [5.74, 6) is -0.445. The van der Waals surface area contributed by atoms with Crippen molar-refractivity contribution in [2.75, 3.05) is 25.0 Å². The molecule has 1 fully saturated rings. The van der Waals surface area contributed by atoms with Crippen molar-refractivity contribution in [2.24, 2.45) is 0 Å². The number of alkyl halides is 3. The molecule has 110 valence electrons. The fourth-order valence-electron chi connectivity index (χ4n) is 1.88. The van der Waals surface area contributed by atoms with E-state index in [0.717, 1.165) is 12.1 Å². The van der Waals surface area contributed by atoms with E-state index in [1.165, 1.54) is 6.07 Å². The van der Waals surface area contributed by atoms with Gasteiger partial charge in [-0.25, -0.2) is 0 Å². The number of hydrogen-bond acceptors (Lipinski definition) is 3. The number of rotatable bonds is 2. The van der Waals surface area contributed by atoms with Crippen molar-refractivity contribution in [2.45, 2.75) is 19.2 Å². The van der Waals surface area contributed by atoms with Crippen molar-refractivity contribution in [3.05, 3.63) is 29.3 Å². The molecule has 2 N–H and O–H groups in total. The molecule has 0 bridgehead atoms. The molecule has 20 heavy (non-hydrogen) atoms. The molecule has 1 aliphatic rings. The van der Waals surface area contributed by atoms with E-state index in [2.05, 4.69) is 10.6 Å². The molecule has 1 aliphatic heterocycles. The number of anilines is 1. The Balaban J connectivity index is 2.13. The van der Waals surface area contributed by atoms with Crippen LogP contribution >= 0.6 is 0 Å². The summed E-state index contributed by atoms with van der Waals surface area (Å²) in [6, 6.07) is 3.26. The molecule has 1 aromatic carbocycles. The van der Waals surface area contributed by atoms with E-state index in [9.17, 15) is 18.0 Å². The third kappa shape index (κ3) is 3.49. The molecule has 1 amide bonds. The van der Waals surface area contributed by atoms with Gasteiger partial charge in [0.2, 0.25) is 0 Å². The summed E-state index contributed by atoms with van der Waals surface area (Å²) in [7, 11) is 0. The molecule has 0 saturated carbocycles. The quantitative estimate of drug-likeness (QED) is 0.874. The molecule has 1 heterocycles. The number of carbonyl (C=O) groups excluding carboxylic acids is 1. The number of benzene rings is 1. The Hall–Kier alpha value is -1.60. The Morgan fingerprint density at radius 1 is 1.45 bits per heavy atom. The highest BCUT2D eigenvalue weighted by molar-refractivity contribution is 5.95. The second-order valence-electron chi connectivity index (χ2n) is 4.58. The molecule has 4 nitrogen and oxygen atoms in total. The van der Waals surface area contributed by atoms with E-state index >= 15 is 0 Å². The monoisotopic (exact) mass is 288 g/mol. The van der Waals surface area contributed by atoms with Gasteiger partial charge >= 0.3 is 6.18 Å². The van der Waals surface area contributed by atoms with Crippen molar-refractivity contribution < 1.29 is 22.7 Å². The van der Waals surface area contributed by atoms with Gasteiger partial charge in [-0.2, -0.15) is 13.2 Å². The smallest absolute Gasteiger partial charge is 0.366 e. The fourth-order valence-corrected chi connectivity index (χ4v) is 1.88. The topological polar surface area (TPSA) is 50.4 Å². The van der Waals surface area contributed by atoms with Crippen molar-refractivity contribution in [1.29, 1.82) is 0 Å². The summed E-state index contributed by atoms with van der Waals surface area (Å²) in [5.41, 5.74) is -0.0739. The number of halogens is 3. The molecule has 1 atom stereocenters. The first-order valence-electron chi connectivity index (χ1n) is 6.19. The van der Waals surface area contributed by atoms with Crippen molar-refractivity contribution >= 4 is 11.6 Å². The normalized spacial score (nSPS) is 19.7. The maximum Gasteiger partial charge on any atom is 0.416 e. The number of hydrogen-bond donors (Lipinski definition) is 2. The van der Waals surface area contributed by atoms with Gasteiger partial charge in [0.25, 0.3) is 5.91 Å². The van der Waals surface area contributed by atoms with Gasteiger partial charge < -0.3 is 15.4 Å². The van der Waals surface area contributed by atoms with Gasteiger partial charge in [-0.15, -0.1) is 0 Å². The van der Waals surface area contributed by atoms with Crippen LogP contribution in [0.1, 0.15) is 11.1 Å². The Bertz CT molecular complexity index is 497. The van der Waals surface area contributed by atoms with Crippen molar-refractivity contribution in [1.82, 2.24) is 5.32 Å². The van der Waals surface area contributed by atoms with Crippen LogP contribution in [0.3, 0.4) is 0 Å². The minimum Gasteiger partial charge on any atom is -0.366 e. The zero-order chi connectivity index (χ0) is 14.8. The third-order valence-corrected chi connectivity index (χ3v) is 3.04. The summed E-state index contributed by atoms with van der Waals surface area (Å²) in [6.45, 7) is 3.05. The lowest BCUT2D eigenvalue weighted by molar-refractivity contribution is -0.137. The molecule has 0 radical (unpaired) electrons. The number of morpholine rings is 1. The van der Waals surface area contributed by atoms with Gasteiger partial charge in [-0.1, -0.05) is 6.07 Å². The number of carbonyl (C=O) groups is 1. The molecule has 0 aromatic heterocycles. The maximum absolute atomic E-state index is 12.6. The molecule has 2 rings (SSSR count). The lowest BCUT2D eigenvalue weighted by Crippen LogP contribution is -2.45. The van der Waals surface area contributed by atoms with Gasteiger partial charge in [-0.3, -0.25) is 4.79 Å². The van der Waals surface area contributed by atoms with Crippen molar-refractivity contribution in [3.8, 4) is 0 Å². The van der Waals surface area contributed by atoms with E-state index in [-0.39, 0.29) is 5.69 Å². The fraction of sp³-hybridized carbons (Fsp3) is 0.462. The number of nitrogens with one attached hydrogen (secondary N) is 2. The summed E-state index contributed by atoms with van der Waals surface area (Å²) < 4.78 is 43.2. The zero-order valence-electron chi connectivity index (χ0n) is 10.9. The Morgan fingerprint density at radius 2 is 2.20 bits per heavy atom. The molecule has 7 heteroatoms. The van der Waals surface area contributed by atoms with E-state index in [0.29, 0.717) is 25.3 Å². The molecule has 1 unspecified atom stereocenters. The highest BCUT2D eigenvalue weighted by atomic mass is 19.4. The highest BCUT2D eigenvalue weighted by Crippen LogP contribution is 2.32. The van der Waals surface area contributed by atoms with Crippen LogP contribution in [-0.2, 0) is 15.7 Å². The molecular weight excluding hydrogens is 273 g/mol. The zero-order valence-corrected chi connectivity index (χ0v) is 10.9. The highest BCUT2D eigenvalue weighted by Gasteiger charge is 2.31. The van der Waals surface area contributed by atoms with E-state index in [1.807, 2.05) is 0 Å². The lowest BCUT2D eigenvalue weighted by Gasteiger charge is -2.23. The maximum atomic E-state index is 12.6. The third-order valence-electron chi connectivity index (χ3n) is 3.04. The van der Waals surface area contributed by atoms with Gasteiger partial charge in [0.15, 0.2) is 0 Å². The van der Waals surface area contributed by atoms with Crippen LogP contribution in [0.15, 0.2) is 18.2 Å². The number of amides is 1. The molecule has 0 spiro atoms.